The zero-order valence-electron chi connectivity index (χ0n) is 14.2. The summed E-state index contributed by atoms with van der Waals surface area (Å²) >= 11 is 0. The molecular formula is C19H22N2O3. The highest BCUT2D eigenvalue weighted by Gasteiger charge is 2.25. The number of carbonyl (C=O) groups is 1. The van der Waals surface area contributed by atoms with Crippen molar-refractivity contribution in [2.75, 3.05) is 20.2 Å². The van der Waals surface area contributed by atoms with Crippen LogP contribution in [-0.4, -0.2) is 41.3 Å². The number of pyridine rings is 1. The number of amides is 1. The molecule has 1 unspecified atom stereocenters. The molecule has 0 saturated carbocycles. The summed E-state index contributed by atoms with van der Waals surface area (Å²) in [6, 6.07) is 10.4. The van der Waals surface area contributed by atoms with Crippen molar-refractivity contribution < 1.29 is 14.6 Å². The van der Waals surface area contributed by atoms with Gasteiger partial charge in [-0.15, -0.1) is 0 Å². The third kappa shape index (κ3) is 3.26. The second kappa shape index (κ2) is 6.61. The minimum atomic E-state index is -0.942. The molecule has 2 aromatic rings. The second-order valence-corrected chi connectivity index (χ2v) is 6.28. The number of aromatic nitrogens is 1. The number of ether oxygens (including phenoxy) is 1. The maximum absolute atomic E-state index is 11.1. The van der Waals surface area contributed by atoms with Gasteiger partial charge in [-0.3, -0.25) is 4.98 Å². The number of aryl methyl sites for hydroxylation is 2. The summed E-state index contributed by atoms with van der Waals surface area (Å²) in [6.07, 6.45) is -0.333. The molecule has 0 saturated heterocycles. The molecule has 0 radical (unpaired) electrons. The fourth-order valence-electron chi connectivity index (χ4n) is 3.32. The first-order valence-corrected chi connectivity index (χ1v) is 8.09. The Kier molecular flexibility index (Phi) is 4.53. The average Bonchev–Trinajstić information content (AvgIpc) is 2.53. The molecule has 1 N–H and O–H groups in total. The van der Waals surface area contributed by atoms with Crippen LogP contribution in [0.5, 0.6) is 0 Å². The van der Waals surface area contributed by atoms with Crippen LogP contribution in [0.25, 0.3) is 11.1 Å². The smallest absolute Gasteiger partial charge is 0.407 e. The predicted octanol–water partition coefficient (Wildman–Crippen LogP) is 3.59. The van der Waals surface area contributed by atoms with Gasteiger partial charge in [0.05, 0.1) is 13.2 Å². The van der Waals surface area contributed by atoms with E-state index < -0.39 is 6.09 Å². The van der Waals surface area contributed by atoms with Crippen LogP contribution in [0.2, 0.25) is 0 Å². The summed E-state index contributed by atoms with van der Waals surface area (Å²) in [4.78, 5) is 16.8. The number of likely N-dealkylation sites (N-methyl/N-ethyl adjacent to an activating group) is 1. The largest absolute Gasteiger partial charge is 0.465 e. The summed E-state index contributed by atoms with van der Waals surface area (Å²) < 4.78 is 5.85. The Labute approximate surface area is 141 Å². The van der Waals surface area contributed by atoms with Crippen LogP contribution < -0.4 is 0 Å². The molecule has 0 fully saturated rings. The quantitative estimate of drug-likeness (QED) is 0.936. The molecule has 0 spiro atoms. The summed E-state index contributed by atoms with van der Waals surface area (Å²) in [5.74, 6) is 0. The topological polar surface area (TPSA) is 62.7 Å². The van der Waals surface area contributed by atoms with E-state index in [0.29, 0.717) is 13.2 Å². The standard InChI is InChI=1S/C19H22N2O3/c1-12-9-14(10-13(2)20-12)15-5-4-6-17-16(15)7-8-24-18(17)11-21(3)19(22)23/h4-6,9-10,18H,7-8,11H2,1-3H3,(H,22,23). The normalized spacial score (nSPS) is 16.5. The number of hydrogen-bond acceptors (Lipinski definition) is 3. The minimum absolute atomic E-state index is 0.223. The van der Waals surface area contributed by atoms with Crippen molar-refractivity contribution in [3.8, 4) is 11.1 Å². The Balaban J connectivity index is 2.01. The predicted molar refractivity (Wildman–Crippen MR) is 92.2 cm³/mol. The van der Waals surface area contributed by atoms with E-state index in [2.05, 4.69) is 23.2 Å². The molecule has 1 aromatic heterocycles. The Morgan fingerprint density at radius 3 is 2.71 bits per heavy atom. The number of fused-ring (bicyclic) bond motifs is 1. The van der Waals surface area contributed by atoms with Gasteiger partial charge in [0.25, 0.3) is 0 Å². The van der Waals surface area contributed by atoms with Gasteiger partial charge in [-0.2, -0.15) is 0 Å². The lowest BCUT2D eigenvalue weighted by atomic mass is 9.89. The van der Waals surface area contributed by atoms with E-state index in [-0.39, 0.29) is 6.10 Å². The summed E-state index contributed by atoms with van der Waals surface area (Å²) in [5.41, 5.74) is 6.67. The minimum Gasteiger partial charge on any atom is -0.465 e. The highest BCUT2D eigenvalue weighted by Crippen LogP contribution is 2.35. The Bertz CT molecular complexity index is 753. The monoisotopic (exact) mass is 326 g/mol. The van der Waals surface area contributed by atoms with E-state index in [1.807, 2.05) is 26.0 Å². The van der Waals surface area contributed by atoms with Crippen molar-refractivity contribution in [1.82, 2.24) is 9.88 Å². The zero-order chi connectivity index (χ0) is 17.3. The molecular weight excluding hydrogens is 304 g/mol. The molecule has 1 aromatic carbocycles. The van der Waals surface area contributed by atoms with Crippen LogP contribution in [0.15, 0.2) is 30.3 Å². The first-order chi connectivity index (χ1) is 11.5. The molecule has 1 aliphatic rings. The molecule has 24 heavy (non-hydrogen) atoms. The van der Waals surface area contributed by atoms with Gasteiger partial charge in [-0.1, -0.05) is 18.2 Å². The van der Waals surface area contributed by atoms with E-state index in [1.165, 1.54) is 16.0 Å². The van der Waals surface area contributed by atoms with Crippen molar-refractivity contribution in [2.24, 2.45) is 0 Å². The van der Waals surface area contributed by atoms with E-state index in [9.17, 15) is 4.79 Å². The van der Waals surface area contributed by atoms with Gasteiger partial charge in [0.15, 0.2) is 0 Å². The van der Waals surface area contributed by atoms with Crippen LogP contribution >= 0.6 is 0 Å². The third-order valence-corrected chi connectivity index (χ3v) is 4.39. The summed E-state index contributed by atoms with van der Waals surface area (Å²) in [7, 11) is 1.57. The molecule has 2 heterocycles. The highest BCUT2D eigenvalue weighted by atomic mass is 16.5. The first-order valence-electron chi connectivity index (χ1n) is 8.09. The number of hydrogen-bond donors (Lipinski definition) is 1. The van der Waals surface area contributed by atoms with Gasteiger partial charge in [0.1, 0.15) is 6.10 Å². The third-order valence-electron chi connectivity index (χ3n) is 4.39. The molecule has 126 valence electrons. The van der Waals surface area contributed by atoms with Crippen LogP contribution in [0.1, 0.15) is 28.6 Å². The van der Waals surface area contributed by atoms with Crippen molar-refractivity contribution in [1.29, 1.82) is 0 Å². The Morgan fingerprint density at radius 2 is 2.04 bits per heavy atom. The lowest BCUT2D eigenvalue weighted by Crippen LogP contribution is -2.32. The molecule has 1 amide bonds. The van der Waals surface area contributed by atoms with Gasteiger partial charge < -0.3 is 14.7 Å². The highest BCUT2D eigenvalue weighted by molar-refractivity contribution is 5.70. The molecule has 0 bridgehead atoms. The van der Waals surface area contributed by atoms with Gasteiger partial charge in [-0.25, -0.2) is 4.79 Å². The number of benzene rings is 1. The van der Waals surface area contributed by atoms with E-state index in [0.717, 1.165) is 28.9 Å². The van der Waals surface area contributed by atoms with E-state index in [4.69, 9.17) is 9.84 Å². The second-order valence-electron chi connectivity index (χ2n) is 6.28. The molecule has 3 rings (SSSR count). The summed E-state index contributed by atoms with van der Waals surface area (Å²) in [5, 5.41) is 9.12. The van der Waals surface area contributed by atoms with Gasteiger partial charge in [0.2, 0.25) is 0 Å². The van der Waals surface area contributed by atoms with Crippen molar-refractivity contribution in [3.63, 3.8) is 0 Å². The van der Waals surface area contributed by atoms with Crippen LogP contribution in [0, 0.1) is 13.8 Å². The van der Waals surface area contributed by atoms with E-state index >= 15 is 0 Å². The average molecular weight is 326 g/mol. The van der Waals surface area contributed by atoms with Crippen molar-refractivity contribution >= 4 is 6.09 Å². The lowest BCUT2D eigenvalue weighted by Gasteiger charge is -2.30. The molecule has 1 atom stereocenters. The SMILES string of the molecule is Cc1cc(-c2cccc3c2CCOC3CN(C)C(=O)O)cc(C)n1. The van der Waals surface area contributed by atoms with Crippen LogP contribution in [-0.2, 0) is 11.2 Å². The zero-order valence-corrected chi connectivity index (χ0v) is 14.2. The van der Waals surface area contributed by atoms with Crippen molar-refractivity contribution in [3.05, 3.63) is 52.8 Å². The number of carboxylic acid groups (broad SMARTS) is 1. The Morgan fingerprint density at radius 1 is 1.33 bits per heavy atom. The molecule has 5 nitrogen and oxygen atoms in total. The Hall–Kier alpha value is -2.40. The van der Waals surface area contributed by atoms with Gasteiger partial charge in [0, 0.05) is 18.4 Å². The summed E-state index contributed by atoms with van der Waals surface area (Å²) in [6.45, 7) is 4.94. The van der Waals surface area contributed by atoms with Crippen molar-refractivity contribution in [2.45, 2.75) is 26.4 Å². The fraction of sp³-hybridized carbons (Fsp3) is 0.368. The van der Waals surface area contributed by atoms with Crippen LogP contribution in [0.4, 0.5) is 4.79 Å². The maximum atomic E-state index is 11.1. The maximum Gasteiger partial charge on any atom is 0.407 e. The fourth-order valence-corrected chi connectivity index (χ4v) is 3.32. The number of rotatable bonds is 3. The van der Waals surface area contributed by atoms with Gasteiger partial charge >= 0.3 is 6.09 Å². The molecule has 1 aliphatic heterocycles. The van der Waals surface area contributed by atoms with Crippen LogP contribution in [0.3, 0.4) is 0 Å². The van der Waals surface area contributed by atoms with E-state index in [1.54, 1.807) is 7.05 Å². The number of nitrogens with zero attached hydrogens (tertiary/aromatic N) is 2. The first kappa shape index (κ1) is 16.5. The van der Waals surface area contributed by atoms with Gasteiger partial charge in [-0.05, 0) is 54.7 Å². The molecule has 5 heteroatoms. The lowest BCUT2D eigenvalue weighted by molar-refractivity contribution is 0.0225. The molecule has 0 aliphatic carbocycles.